The van der Waals surface area contributed by atoms with Crippen LogP contribution in [0, 0.1) is 5.82 Å². The van der Waals surface area contributed by atoms with Crippen molar-refractivity contribution in [2.24, 2.45) is 0 Å². The number of rotatable bonds is 6. The van der Waals surface area contributed by atoms with Gasteiger partial charge >= 0.3 is 0 Å². The molecule has 1 amide bonds. The number of nitrogens with one attached hydrogen (secondary N) is 2. The summed E-state index contributed by atoms with van der Waals surface area (Å²) in [4.78, 5) is 14.5. The maximum atomic E-state index is 14.6. The Hall–Kier alpha value is -2.20. The number of morpholine rings is 1. The molecule has 0 spiro atoms. The lowest BCUT2D eigenvalue weighted by Gasteiger charge is -2.29. The Morgan fingerprint density at radius 2 is 1.87 bits per heavy atom. The lowest BCUT2D eigenvalue weighted by atomic mass is 10.2. The topological polar surface area (TPSA) is 87.7 Å². The van der Waals surface area contributed by atoms with Crippen molar-refractivity contribution >= 4 is 38.9 Å². The van der Waals surface area contributed by atoms with Gasteiger partial charge in [0.2, 0.25) is 10.0 Å². The molecule has 0 saturated carbocycles. The number of carbonyl (C=O) groups excluding carboxylic acids is 1. The third-order valence-corrected chi connectivity index (χ3v) is 6.43. The van der Waals surface area contributed by atoms with Crippen LogP contribution < -0.4 is 14.9 Å². The fourth-order valence-corrected chi connectivity index (χ4v) is 4.55. The molecule has 2 aromatic rings. The van der Waals surface area contributed by atoms with Gasteiger partial charge in [0.25, 0.3) is 5.91 Å². The van der Waals surface area contributed by atoms with Crippen LogP contribution in [0.4, 0.5) is 15.8 Å². The average molecular weight is 456 g/mol. The molecule has 162 valence electrons. The number of ether oxygens (including phenoxy) is 1. The Balaban J connectivity index is 1.80. The maximum absolute atomic E-state index is 14.6. The summed E-state index contributed by atoms with van der Waals surface area (Å²) in [6, 6.07) is 7.94. The number of carbonyl (C=O) groups is 1. The second-order valence-electron chi connectivity index (χ2n) is 7.14. The van der Waals surface area contributed by atoms with Crippen molar-refractivity contribution in [1.82, 2.24) is 4.72 Å². The average Bonchev–Trinajstić information content (AvgIpc) is 2.68. The maximum Gasteiger partial charge on any atom is 0.257 e. The van der Waals surface area contributed by atoms with E-state index >= 15 is 0 Å². The Labute approximate surface area is 180 Å². The zero-order valence-electron chi connectivity index (χ0n) is 16.6. The van der Waals surface area contributed by atoms with Crippen LogP contribution in [-0.2, 0) is 14.8 Å². The van der Waals surface area contributed by atoms with E-state index in [4.69, 9.17) is 16.3 Å². The summed E-state index contributed by atoms with van der Waals surface area (Å²) in [7, 11) is -3.79. The second-order valence-corrected chi connectivity index (χ2v) is 9.26. The van der Waals surface area contributed by atoms with E-state index in [2.05, 4.69) is 10.0 Å². The molecule has 0 aromatic heterocycles. The summed E-state index contributed by atoms with van der Waals surface area (Å²) in [6.07, 6.45) is 0. The number of amides is 1. The van der Waals surface area contributed by atoms with E-state index in [-0.39, 0.29) is 27.2 Å². The number of sulfonamides is 1. The molecule has 30 heavy (non-hydrogen) atoms. The third-order valence-electron chi connectivity index (χ3n) is 4.44. The first-order valence-corrected chi connectivity index (χ1v) is 11.3. The third kappa shape index (κ3) is 5.28. The molecule has 1 heterocycles. The molecule has 1 aliphatic heterocycles. The van der Waals surface area contributed by atoms with Crippen molar-refractivity contribution in [2.45, 2.75) is 24.8 Å². The van der Waals surface area contributed by atoms with E-state index in [0.717, 1.165) is 0 Å². The highest BCUT2D eigenvalue weighted by molar-refractivity contribution is 7.89. The van der Waals surface area contributed by atoms with E-state index < -0.39 is 21.7 Å². The van der Waals surface area contributed by atoms with Gasteiger partial charge in [0, 0.05) is 24.8 Å². The van der Waals surface area contributed by atoms with Crippen molar-refractivity contribution in [3.63, 3.8) is 0 Å². The molecule has 0 bridgehead atoms. The number of nitrogens with zero attached hydrogens (tertiary/aromatic N) is 1. The summed E-state index contributed by atoms with van der Waals surface area (Å²) in [5.41, 5.74) is 0.641. The Bertz CT molecular complexity index is 1040. The molecule has 1 fully saturated rings. The van der Waals surface area contributed by atoms with Gasteiger partial charge in [0.15, 0.2) is 0 Å². The summed E-state index contributed by atoms with van der Waals surface area (Å²) in [6.45, 7) is 5.61. The molecule has 3 rings (SSSR count). The molecule has 2 N–H and O–H groups in total. The quantitative estimate of drug-likeness (QED) is 0.698. The fourth-order valence-electron chi connectivity index (χ4n) is 3.07. The highest BCUT2D eigenvalue weighted by atomic mass is 35.5. The number of hydrogen-bond donors (Lipinski definition) is 2. The number of anilines is 2. The largest absolute Gasteiger partial charge is 0.378 e. The predicted molar refractivity (Wildman–Crippen MR) is 114 cm³/mol. The van der Waals surface area contributed by atoms with Crippen LogP contribution in [0.1, 0.15) is 24.2 Å². The highest BCUT2D eigenvalue weighted by Crippen LogP contribution is 2.26. The van der Waals surface area contributed by atoms with Gasteiger partial charge in [-0.15, -0.1) is 0 Å². The standard InChI is InChI=1S/C20H23ClFN3O4S/c1-13(2)24-30(27,28)15-4-5-17(21)16(12-15)20(26)23-14-3-6-19(18(22)11-14)25-7-9-29-10-8-25/h3-6,11-13,24H,7-10H2,1-2H3,(H,23,26). The first kappa shape index (κ1) is 22.5. The van der Waals surface area contributed by atoms with Crippen LogP contribution in [0.3, 0.4) is 0 Å². The molecular formula is C20H23ClFN3O4S. The van der Waals surface area contributed by atoms with E-state index in [1.54, 1.807) is 26.0 Å². The molecule has 7 nitrogen and oxygen atoms in total. The first-order chi connectivity index (χ1) is 14.2. The smallest absolute Gasteiger partial charge is 0.257 e. The minimum absolute atomic E-state index is 0.0269. The zero-order valence-corrected chi connectivity index (χ0v) is 18.2. The lowest BCUT2D eigenvalue weighted by Crippen LogP contribution is -2.36. The Kier molecular flexibility index (Phi) is 6.97. The molecule has 1 aliphatic rings. The van der Waals surface area contributed by atoms with Gasteiger partial charge in [0.1, 0.15) is 5.82 Å². The van der Waals surface area contributed by atoms with Crippen molar-refractivity contribution in [3.05, 3.63) is 52.8 Å². The molecule has 0 unspecified atom stereocenters. The van der Waals surface area contributed by atoms with Crippen molar-refractivity contribution in [3.8, 4) is 0 Å². The fraction of sp³-hybridized carbons (Fsp3) is 0.350. The molecule has 2 aromatic carbocycles. The van der Waals surface area contributed by atoms with Gasteiger partial charge in [-0.05, 0) is 50.2 Å². The second kappa shape index (κ2) is 9.30. The van der Waals surface area contributed by atoms with Crippen LogP contribution in [0.25, 0.3) is 0 Å². The van der Waals surface area contributed by atoms with Crippen molar-refractivity contribution < 1.29 is 22.3 Å². The van der Waals surface area contributed by atoms with Crippen LogP contribution >= 0.6 is 11.6 Å². The number of benzene rings is 2. The van der Waals surface area contributed by atoms with E-state index in [1.807, 2.05) is 4.90 Å². The van der Waals surface area contributed by atoms with Gasteiger partial charge in [-0.3, -0.25) is 4.79 Å². The number of halogens is 2. The Morgan fingerprint density at radius 1 is 1.17 bits per heavy atom. The SMILES string of the molecule is CC(C)NS(=O)(=O)c1ccc(Cl)c(C(=O)Nc2ccc(N3CCOCC3)c(F)c2)c1. The van der Waals surface area contributed by atoms with E-state index in [1.165, 1.54) is 24.3 Å². The van der Waals surface area contributed by atoms with Crippen LogP contribution in [-0.4, -0.2) is 46.7 Å². The van der Waals surface area contributed by atoms with Crippen molar-refractivity contribution in [2.75, 3.05) is 36.5 Å². The van der Waals surface area contributed by atoms with Gasteiger partial charge in [-0.25, -0.2) is 17.5 Å². The lowest BCUT2D eigenvalue weighted by molar-refractivity contribution is 0.102. The minimum atomic E-state index is -3.79. The summed E-state index contributed by atoms with van der Waals surface area (Å²) in [5, 5.41) is 2.65. The highest BCUT2D eigenvalue weighted by Gasteiger charge is 2.20. The molecular weight excluding hydrogens is 433 g/mol. The van der Waals surface area contributed by atoms with Gasteiger partial charge in [-0.1, -0.05) is 11.6 Å². The van der Waals surface area contributed by atoms with Gasteiger partial charge < -0.3 is 15.0 Å². The van der Waals surface area contributed by atoms with Crippen molar-refractivity contribution in [1.29, 1.82) is 0 Å². The predicted octanol–water partition coefficient (Wildman–Crippen LogP) is 3.25. The molecule has 1 saturated heterocycles. The monoisotopic (exact) mass is 455 g/mol. The van der Waals surface area contributed by atoms with Crippen LogP contribution in [0.2, 0.25) is 5.02 Å². The normalized spacial score (nSPS) is 14.8. The summed E-state index contributed by atoms with van der Waals surface area (Å²) < 4.78 is 47.0. The number of hydrogen-bond acceptors (Lipinski definition) is 5. The summed E-state index contributed by atoms with van der Waals surface area (Å²) >= 11 is 6.10. The molecule has 0 atom stereocenters. The first-order valence-electron chi connectivity index (χ1n) is 9.43. The van der Waals surface area contributed by atoms with E-state index in [0.29, 0.717) is 32.0 Å². The van der Waals surface area contributed by atoms with Gasteiger partial charge in [0.05, 0.1) is 34.4 Å². The summed E-state index contributed by atoms with van der Waals surface area (Å²) in [5.74, 6) is -1.11. The van der Waals surface area contributed by atoms with Crippen LogP contribution in [0.15, 0.2) is 41.3 Å². The molecule has 0 radical (unpaired) electrons. The Morgan fingerprint density at radius 3 is 2.50 bits per heavy atom. The van der Waals surface area contributed by atoms with Gasteiger partial charge in [-0.2, -0.15) is 0 Å². The zero-order chi connectivity index (χ0) is 21.9. The van der Waals surface area contributed by atoms with E-state index in [9.17, 15) is 17.6 Å². The van der Waals surface area contributed by atoms with Crippen LogP contribution in [0.5, 0.6) is 0 Å². The molecule has 0 aliphatic carbocycles. The minimum Gasteiger partial charge on any atom is -0.378 e. The molecule has 10 heteroatoms.